The SMILES string of the molecule is CN(Cc1ccccc1)[C@H](C[P+](c1ccccc1)(c1ccccc1)c1ccccc1)C(F)(F)F.F[B-](F)(F)F. The van der Waals surface area contributed by atoms with Crippen LogP contribution in [0.4, 0.5) is 30.4 Å². The first kappa shape index (κ1) is 30.4. The summed E-state index contributed by atoms with van der Waals surface area (Å²) in [5, 5.41) is 2.86. The van der Waals surface area contributed by atoms with Crippen LogP contribution in [0.25, 0.3) is 0 Å². The van der Waals surface area contributed by atoms with Crippen LogP contribution in [0.1, 0.15) is 5.56 Å². The van der Waals surface area contributed by atoms with Crippen molar-refractivity contribution in [2.45, 2.75) is 18.8 Å². The van der Waals surface area contributed by atoms with E-state index in [1.165, 1.54) is 4.90 Å². The van der Waals surface area contributed by atoms with Gasteiger partial charge in [-0.05, 0) is 49.0 Å². The van der Waals surface area contributed by atoms with Gasteiger partial charge in [-0.1, -0.05) is 84.9 Å². The maximum Gasteiger partial charge on any atom is 0.673 e. The number of rotatable bonds is 8. The zero-order chi connectivity index (χ0) is 28.5. The molecule has 1 nitrogen and oxygen atoms in total. The molecule has 4 aromatic rings. The standard InChI is InChI=1S/C29H28F3NP.BF4/c1-33(22-24-14-6-2-7-15-24)28(29(30,31)32)23-34(25-16-8-3-9-17-25,26-18-10-4-11-19-26)27-20-12-5-13-21-27;2-1(3,4)5/h2-21,28H,22-23H2,1H3;/q+1;-1/t28-;/m1./s1. The molecule has 0 aliphatic heterocycles. The van der Waals surface area contributed by atoms with Crippen LogP contribution < -0.4 is 15.9 Å². The summed E-state index contributed by atoms with van der Waals surface area (Å²) in [7, 11) is -7.04. The molecule has 0 saturated heterocycles. The molecule has 0 fully saturated rings. The quantitative estimate of drug-likeness (QED) is 0.123. The number of alkyl halides is 3. The first-order chi connectivity index (χ1) is 18.4. The van der Waals surface area contributed by atoms with Gasteiger partial charge in [0.05, 0.1) is 6.16 Å². The van der Waals surface area contributed by atoms with E-state index >= 15 is 0 Å². The Hall–Kier alpha value is -3.16. The molecule has 0 aliphatic rings. The Kier molecular flexibility index (Phi) is 10.3. The maximum atomic E-state index is 14.7. The molecule has 4 rings (SSSR count). The second kappa shape index (κ2) is 13.3. The van der Waals surface area contributed by atoms with Crippen molar-refractivity contribution in [3.8, 4) is 0 Å². The molecule has 0 aromatic heterocycles. The van der Waals surface area contributed by atoms with Gasteiger partial charge in [0.2, 0.25) is 0 Å². The molecule has 206 valence electrons. The van der Waals surface area contributed by atoms with Gasteiger partial charge in [-0.3, -0.25) is 4.90 Å². The monoisotopic (exact) mass is 565 g/mol. The van der Waals surface area contributed by atoms with Gasteiger partial charge >= 0.3 is 13.4 Å². The highest BCUT2D eigenvalue weighted by Gasteiger charge is 2.54. The van der Waals surface area contributed by atoms with Crippen LogP contribution in [0.5, 0.6) is 0 Å². The van der Waals surface area contributed by atoms with E-state index in [1.807, 2.05) is 121 Å². The highest BCUT2D eigenvalue weighted by atomic mass is 31.2. The van der Waals surface area contributed by atoms with E-state index in [0.29, 0.717) is 0 Å². The fourth-order valence-corrected chi connectivity index (χ4v) is 9.12. The van der Waals surface area contributed by atoms with Gasteiger partial charge in [-0.25, -0.2) is 0 Å². The predicted octanol–water partition coefficient (Wildman–Crippen LogP) is 7.34. The Morgan fingerprint density at radius 3 is 1.23 bits per heavy atom. The Labute approximate surface area is 224 Å². The molecule has 10 heteroatoms. The zero-order valence-electron chi connectivity index (χ0n) is 21.2. The number of nitrogens with zero attached hydrogens (tertiary/aromatic N) is 1. The zero-order valence-corrected chi connectivity index (χ0v) is 22.1. The normalized spacial score (nSPS) is 12.9. The molecule has 0 N–H and O–H groups in total. The summed E-state index contributed by atoms with van der Waals surface area (Å²) in [6.45, 7) is 0.226. The van der Waals surface area contributed by atoms with E-state index in [0.717, 1.165) is 21.5 Å². The summed E-state index contributed by atoms with van der Waals surface area (Å²) < 4.78 is 83.2. The minimum atomic E-state index is -6.00. The lowest BCUT2D eigenvalue weighted by molar-refractivity contribution is -0.175. The van der Waals surface area contributed by atoms with Gasteiger partial charge in [0, 0.05) is 6.54 Å². The van der Waals surface area contributed by atoms with Crippen LogP contribution >= 0.6 is 7.26 Å². The van der Waals surface area contributed by atoms with E-state index in [-0.39, 0.29) is 12.7 Å². The number of benzene rings is 4. The maximum absolute atomic E-state index is 14.7. The van der Waals surface area contributed by atoms with Crippen LogP contribution in [0, 0.1) is 0 Å². The van der Waals surface area contributed by atoms with E-state index in [4.69, 9.17) is 0 Å². The van der Waals surface area contributed by atoms with Crippen molar-refractivity contribution in [3.63, 3.8) is 0 Å². The largest absolute Gasteiger partial charge is 0.673 e. The van der Waals surface area contributed by atoms with Gasteiger partial charge < -0.3 is 17.3 Å². The minimum Gasteiger partial charge on any atom is -0.418 e. The second-order valence-corrected chi connectivity index (χ2v) is 12.5. The second-order valence-electron chi connectivity index (χ2n) is 8.95. The van der Waals surface area contributed by atoms with Crippen molar-refractivity contribution < 1.29 is 30.4 Å². The van der Waals surface area contributed by atoms with Gasteiger partial charge in [0.15, 0.2) is 0 Å². The van der Waals surface area contributed by atoms with Crippen LogP contribution in [-0.2, 0) is 6.54 Å². The van der Waals surface area contributed by atoms with Gasteiger partial charge in [0.1, 0.15) is 29.2 Å². The first-order valence-corrected chi connectivity index (χ1v) is 14.1. The highest BCUT2D eigenvalue weighted by molar-refractivity contribution is 7.95. The average Bonchev–Trinajstić information content (AvgIpc) is 2.90. The summed E-state index contributed by atoms with van der Waals surface area (Å²) in [4.78, 5) is 1.46. The van der Waals surface area contributed by atoms with Crippen molar-refractivity contribution in [2.75, 3.05) is 13.2 Å². The molecule has 0 saturated carbocycles. The van der Waals surface area contributed by atoms with Crippen LogP contribution in [0.3, 0.4) is 0 Å². The molecule has 1 atom stereocenters. The van der Waals surface area contributed by atoms with Crippen molar-refractivity contribution in [3.05, 3.63) is 127 Å². The lowest BCUT2D eigenvalue weighted by atomic mass is 10.2. The molecule has 0 amide bonds. The molecular weight excluding hydrogens is 537 g/mol. The van der Waals surface area contributed by atoms with Crippen molar-refractivity contribution in [2.24, 2.45) is 0 Å². The number of halogens is 7. The van der Waals surface area contributed by atoms with E-state index in [2.05, 4.69) is 0 Å². The van der Waals surface area contributed by atoms with E-state index < -0.39 is 26.7 Å². The van der Waals surface area contributed by atoms with Gasteiger partial charge in [-0.15, -0.1) is 0 Å². The topological polar surface area (TPSA) is 3.24 Å². The van der Waals surface area contributed by atoms with Crippen LogP contribution in [0.15, 0.2) is 121 Å². The summed E-state index contributed by atoms with van der Waals surface area (Å²) >= 11 is 0. The first-order valence-electron chi connectivity index (χ1n) is 12.1. The average molecular weight is 565 g/mol. The number of hydrogen-bond acceptors (Lipinski definition) is 1. The smallest absolute Gasteiger partial charge is 0.418 e. The predicted molar refractivity (Wildman–Crippen MR) is 148 cm³/mol. The van der Waals surface area contributed by atoms with Gasteiger partial charge in [-0.2, -0.15) is 13.2 Å². The lowest BCUT2D eigenvalue weighted by Gasteiger charge is -2.36. The summed E-state index contributed by atoms with van der Waals surface area (Å²) in [5.74, 6) is 0. The van der Waals surface area contributed by atoms with E-state index in [1.54, 1.807) is 7.05 Å². The molecule has 4 aromatic carbocycles. The Morgan fingerprint density at radius 2 is 0.923 bits per heavy atom. The fourth-order valence-electron chi connectivity index (χ4n) is 4.54. The lowest BCUT2D eigenvalue weighted by Crippen LogP contribution is -2.50. The molecule has 0 heterocycles. The Morgan fingerprint density at radius 1 is 0.615 bits per heavy atom. The summed E-state index contributed by atoms with van der Waals surface area (Å²) in [5.41, 5.74) is 0.863. The number of hydrogen-bond donors (Lipinski definition) is 0. The molecule has 0 radical (unpaired) electrons. The Bertz CT molecular complexity index is 1150. The summed E-state index contributed by atoms with van der Waals surface area (Å²) in [6, 6.07) is 36.9. The minimum absolute atomic E-state index is 0.0299. The van der Waals surface area contributed by atoms with Crippen LogP contribution in [0.2, 0.25) is 0 Å². The molecule has 0 unspecified atom stereocenters. The molecular formula is C29H28BF7NP. The molecule has 39 heavy (non-hydrogen) atoms. The fraction of sp³-hybridized carbons (Fsp3) is 0.172. The molecule has 0 bridgehead atoms. The van der Waals surface area contributed by atoms with Crippen LogP contribution in [-0.4, -0.2) is 37.6 Å². The van der Waals surface area contributed by atoms with Crippen molar-refractivity contribution >= 4 is 30.4 Å². The molecule has 0 spiro atoms. The highest BCUT2D eigenvalue weighted by Crippen LogP contribution is 2.57. The van der Waals surface area contributed by atoms with Gasteiger partial charge in [0.25, 0.3) is 0 Å². The Balaban J connectivity index is 0.000000771. The van der Waals surface area contributed by atoms with E-state index in [9.17, 15) is 30.4 Å². The van der Waals surface area contributed by atoms with Crippen molar-refractivity contribution in [1.29, 1.82) is 0 Å². The third-order valence-electron chi connectivity index (χ3n) is 6.22. The van der Waals surface area contributed by atoms with Crippen molar-refractivity contribution in [1.82, 2.24) is 4.90 Å². The summed E-state index contributed by atoms with van der Waals surface area (Å²) in [6.07, 6.45) is -4.41. The third kappa shape index (κ3) is 8.67. The third-order valence-corrected chi connectivity index (χ3v) is 10.7. The molecule has 0 aliphatic carbocycles.